The first kappa shape index (κ1) is 12.8. The van der Waals surface area contributed by atoms with Crippen molar-refractivity contribution in [3.05, 3.63) is 23.3 Å². The van der Waals surface area contributed by atoms with Crippen LogP contribution in [-0.2, 0) is 6.42 Å². The molecule has 0 radical (unpaired) electrons. The van der Waals surface area contributed by atoms with Gasteiger partial charge in [-0.05, 0) is 44.4 Å². The van der Waals surface area contributed by atoms with Crippen LogP contribution in [0.2, 0.25) is 0 Å². The molecule has 0 aliphatic carbocycles. The fraction of sp³-hybridized carbons (Fsp3) is 0.538. The van der Waals surface area contributed by atoms with Crippen molar-refractivity contribution < 1.29 is 9.47 Å². The van der Waals surface area contributed by atoms with E-state index in [1.54, 1.807) is 14.2 Å². The van der Waals surface area contributed by atoms with Crippen LogP contribution in [0.1, 0.15) is 25.0 Å². The van der Waals surface area contributed by atoms with Gasteiger partial charge in [-0.25, -0.2) is 0 Å². The summed E-state index contributed by atoms with van der Waals surface area (Å²) in [6, 6.07) is 4.08. The van der Waals surface area contributed by atoms with Gasteiger partial charge in [0.25, 0.3) is 0 Å². The molecule has 0 amide bonds. The van der Waals surface area contributed by atoms with Gasteiger partial charge >= 0.3 is 0 Å². The fourth-order valence-electron chi connectivity index (χ4n) is 1.85. The largest absolute Gasteiger partial charge is 0.493 e. The molecule has 0 aliphatic rings. The molecule has 0 bridgehead atoms. The number of methoxy groups -OCH3 is 2. The minimum absolute atomic E-state index is 0.216. The van der Waals surface area contributed by atoms with Gasteiger partial charge in [0.1, 0.15) is 0 Å². The molecule has 1 aromatic rings. The van der Waals surface area contributed by atoms with E-state index in [2.05, 4.69) is 6.07 Å². The van der Waals surface area contributed by atoms with Gasteiger partial charge in [0.15, 0.2) is 11.5 Å². The second-order valence-corrected chi connectivity index (χ2v) is 4.81. The molecule has 3 heteroatoms. The molecule has 0 atom stereocenters. The lowest BCUT2D eigenvalue weighted by atomic mass is 9.95. The van der Waals surface area contributed by atoms with E-state index in [0.717, 1.165) is 23.5 Å². The minimum Gasteiger partial charge on any atom is -0.493 e. The molecule has 3 nitrogen and oxygen atoms in total. The molecule has 16 heavy (non-hydrogen) atoms. The van der Waals surface area contributed by atoms with Crippen molar-refractivity contribution in [2.24, 2.45) is 5.73 Å². The Morgan fingerprint density at radius 2 is 1.81 bits per heavy atom. The van der Waals surface area contributed by atoms with Crippen LogP contribution < -0.4 is 15.2 Å². The molecule has 0 fully saturated rings. The van der Waals surface area contributed by atoms with E-state index in [1.807, 2.05) is 26.8 Å². The summed E-state index contributed by atoms with van der Waals surface area (Å²) in [4.78, 5) is 0. The molecule has 0 aromatic heterocycles. The third-order valence-corrected chi connectivity index (χ3v) is 2.38. The summed E-state index contributed by atoms with van der Waals surface area (Å²) in [6.07, 6.45) is 0.814. The van der Waals surface area contributed by atoms with E-state index in [1.165, 1.54) is 5.56 Å². The summed E-state index contributed by atoms with van der Waals surface area (Å²) in [5, 5.41) is 0. The molecule has 0 saturated heterocycles. The Balaban J connectivity index is 3.10. The van der Waals surface area contributed by atoms with E-state index in [0.29, 0.717) is 0 Å². The van der Waals surface area contributed by atoms with E-state index >= 15 is 0 Å². The predicted molar refractivity (Wildman–Crippen MR) is 66.3 cm³/mol. The SMILES string of the molecule is COc1cc(CC(C)(C)N)cc(C)c1OC. The molecule has 0 spiro atoms. The number of rotatable bonds is 4. The van der Waals surface area contributed by atoms with Gasteiger partial charge in [0.2, 0.25) is 0 Å². The quantitative estimate of drug-likeness (QED) is 0.851. The first-order valence-corrected chi connectivity index (χ1v) is 5.38. The zero-order chi connectivity index (χ0) is 12.3. The van der Waals surface area contributed by atoms with Crippen molar-refractivity contribution in [3.63, 3.8) is 0 Å². The Bertz CT molecular complexity index is 367. The van der Waals surface area contributed by atoms with Crippen molar-refractivity contribution in [3.8, 4) is 11.5 Å². The summed E-state index contributed by atoms with van der Waals surface area (Å²) in [7, 11) is 3.30. The van der Waals surface area contributed by atoms with Gasteiger partial charge < -0.3 is 15.2 Å². The summed E-state index contributed by atoms with van der Waals surface area (Å²) in [5.74, 6) is 1.56. The molecule has 1 rings (SSSR count). The van der Waals surface area contributed by atoms with Crippen LogP contribution in [0.3, 0.4) is 0 Å². The smallest absolute Gasteiger partial charge is 0.163 e. The molecule has 0 aliphatic heterocycles. The van der Waals surface area contributed by atoms with Crippen LogP contribution in [0.5, 0.6) is 11.5 Å². The third kappa shape index (κ3) is 3.14. The number of aryl methyl sites for hydroxylation is 1. The standard InChI is InChI=1S/C13H21NO2/c1-9-6-10(8-13(2,3)14)7-11(15-4)12(9)16-5/h6-7H,8,14H2,1-5H3. The number of nitrogens with two attached hydrogens (primary N) is 1. The van der Waals surface area contributed by atoms with Crippen molar-refractivity contribution in [2.75, 3.05) is 14.2 Å². The van der Waals surface area contributed by atoms with Crippen LogP contribution >= 0.6 is 0 Å². The Kier molecular flexibility index (Phi) is 3.81. The van der Waals surface area contributed by atoms with E-state index in [4.69, 9.17) is 15.2 Å². The average molecular weight is 223 g/mol. The van der Waals surface area contributed by atoms with Crippen LogP contribution in [0.25, 0.3) is 0 Å². The Hall–Kier alpha value is -1.22. The van der Waals surface area contributed by atoms with Crippen LogP contribution in [0.15, 0.2) is 12.1 Å². The van der Waals surface area contributed by atoms with Gasteiger partial charge in [0.05, 0.1) is 14.2 Å². The maximum Gasteiger partial charge on any atom is 0.163 e. The van der Waals surface area contributed by atoms with E-state index in [-0.39, 0.29) is 5.54 Å². The summed E-state index contributed by atoms with van der Waals surface area (Å²) < 4.78 is 10.6. The van der Waals surface area contributed by atoms with Crippen molar-refractivity contribution in [1.82, 2.24) is 0 Å². The number of benzene rings is 1. The Labute approximate surface area is 97.6 Å². The zero-order valence-corrected chi connectivity index (χ0v) is 10.8. The van der Waals surface area contributed by atoms with Gasteiger partial charge in [-0.1, -0.05) is 6.07 Å². The molecule has 90 valence electrons. The lowest BCUT2D eigenvalue weighted by Crippen LogP contribution is -2.34. The van der Waals surface area contributed by atoms with Gasteiger partial charge in [-0.3, -0.25) is 0 Å². The van der Waals surface area contributed by atoms with Gasteiger partial charge in [-0.15, -0.1) is 0 Å². The highest BCUT2D eigenvalue weighted by Crippen LogP contribution is 2.32. The first-order valence-electron chi connectivity index (χ1n) is 5.38. The molecule has 2 N–H and O–H groups in total. The molecular formula is C13H21NO2. The third-order valence-electron chi connectivity index (χ3n) is 2.38. The molecular weight excluding hydrogens is 202 g/mol. The second kappa shape index (κ2) is 4.74. The van der Waals surface area contributed by atoms with E-state index < -0.39 is 0 Å². The Morgan fingerprint density at radius 3 is 2.25 bits per heavy atom. The average Bonchev–Trinajstić information content (AvgIpc) is 2.14. The lowest BCUT2D eigenvalue weighted by molar-refractivity contribution is 0.352. The molecule has 0 saturated carbocycles. The van der Waals surface area contributed by atoms with Crippen LogP contribution in [0, 0.1) is 6.92 Å². The number of hydrogen-bond acceptors (Lipinski definition) is 3. The van der Waals surface area contributed by atoms with Crippen molar-refractivity contribution >= 4 is 0 Å². The molecule has 1 aromatic carbocycles. The summed E-state index contributed by atoms with van der Waals surface area (Å²) in [6.45, 7) is 6.03. The first-order chi connectivity index (χ1) is 7.37. The maximum absolute atomic E-state index is 6.01. The number of ether oxygens (including phenoxy) is 2. The van der Waals surface area contributed by atoms with E-state index in [9.17, 15) is 0 Å². The highest BCUT2D eigenvalue weighted by atomic mass is 16.5. The maximum atomic E-state index is 6.01. The van der Waals surface area contributed by atoms with Crippen molar-refractivity contribution in [2.45, 2.75) is 32.7 Å². The van der Waals surface area contributed by atoms with Gasteiger partial charge in [0, 0.05) is 5.54 Å². The summed E-state index contributed by atoms with van der Waals surface area (Å²) >= 11 is 0. The van der Waals surface area contributed by atoms with Crippen molar-refractivity contribution in [1.29, 1.82) is 0 Å². The number of hydrogen-bond donors (Lipinski definition) is 1. The molecule has 0 unspecified atom stereocenters. The predicted octanol–water partition coefficient (Wildman–Crippen LogP) is 2.29. The lowest BCUT2D eigenvalue weighted by Gasteiger charge is -2.20. The zero-order valence-electron chi connectivity index (χ0n) is 10.8. The topological polar surface area (TPSA) is 44.5 Å². The minimum atomic E-state index is -0.216. The fourth-order valence-corrected chi connectivity index (χ4v) is 1.85. The Morgan fingerprint density at radius 1 is 1.19 bits per heavy atom. The van der Waals surface area contributed by atoms with Crippen LogP contribution in [0.4, 0.5) is 0 Å². The summed E-state index contributed by atoms with van der Waals surface area (Å²) in [5.41, 5.74) is 8.03. The second-order valence-electron chi connectivity index (χ2n) is 4.81. The van der Waals surface area contributed by atoms with Gasteiger partial charge in [-0.2, -0.15) is 0 Å². The normalized spacial score (nSPS) is 11.4. The van der Waals surface area contributed by atoms with Crippen LogP contribution in [-0.4, -0.2) is 19.8 Å². The highest BCUT2D eigenvalue weighted by molar-refractivity contribution is 5.49. The highest BCUT2D eigenvalue weighted by Gasteiger charge is 2.15. The monoisotopic (exact) mass is 223 g/mol. The molecule has 0 heterocycles.